The van der Waals surface area contributed by atoms with Crippen molar-refractivity contribution in [2.24, 2.45) is 5.92 Å². The van der Waals surface area contributed by atoms with Crippen molar-refractivity contribution in [1.82, 2.24) is 0 Å². The molecule has 0 amide bonds. The lowest BCUT2D eigenvalue weighted by Gasteiger charge is -2.35. The Balaban J connectivity index is 2.40. The van der Waals surface area contributed by atoms with Gasteiger partial charge in [0, 0.05) is 32.4 Å². The summed E-state index contributed by atoms with van der Waals surface area (Å²) in [4.78, 5) is 0. The summed E-state index contributed by atoms with van der Waals surface area (Å²) in [7, 11) is 5.20. The number of unbranched alkanes of at least 4 members (excludes halogenated alkanes) is 5. The molecule has 1 atom stereocenters. The zero-order chi connectivity index (χ0) is 20.0. The maximum absolute atomic E-state index is 5.73. The van der Waals surface area contributed by atoms with Crippen LogP contribution in [0, 0.1) is 5.92 Å². The van der Waals surface area contributed by atoms with Crippen LogP contribution in [0.4, 0.5) is 5.69 Å². The van der Waals surface area contributed by atoms with E-state index in [0.29, 0.717) is 5.92 Å². The van der Waals surface area contributed by atoms with Gasteiger partial charge in [-0.15, -0.1) is 0 Å². The topological polar surface area (TPSA) is 39.7 Å². The van der Waals surface area contributed by atoms with Gasteiger partial charge in [0.1, 0.15) is 5.75 Å². The van der Waals surface area contributed by atoms with Gasteiger partial charge in [-0.2, -0.15) is 0 Å². The van der Waals surface area contributed by atoms with Gasteiger partial charge in [0.05, 0.1) is 7.11 Å². The lowest BCUT2D eigenvalue weighted by Crippen LogP contribution is -2.39. The van der Waals surface area contributed by atoms with Crippen molar-refractivity contribution in [2.75, 3.05) is 33.2 Å². The Morgan fingerprint density at radius 3 is 2.04 bits per heavy atom. The van der Waals surface area contributed by atoms with Crippen LogP contribution < -0.4 is 10.1 Å². The third-order valence-corrected chi connectivity index (χ3v) is 5.61. The van der Waals surface area contributed by atoms with Crippen LogP contribution in [0.5, 0.6) is 5.75 Å². The van der Waals surface area contributed by atoms with E-state index in [1.54, 1.807) is 21.3 Å². The molecule has 1 aromatic rings. The third-order valence-electron chi connectivity index (χ3n) is 5.61. The van der Waals surface area contributed by atoms with Crippen LogP contribution in [0.25, 0.3) is 0 Å². The molecule has 0 fully saturated rings. The molecule has 0 spiro atoms. The molecule has 4 heteroatoms. The van der Waals surface area contributed by atoms with Crippen molar-refractivity contribution < 1.29 is 14.2 Å². The lowest BCUT2D eigenvalue weighted by atomic mass is 9.88. The lowest BCUT2D eigenvalue weighted by molar-refractivity contribution is -0.230. The Kier molecular flexibility index (Phi) is 12.2. The second kappa shape index (κ2) is 13.8. The zero-order valence-electron chi connectivity index (χ0n) is 18.2. The zero-order valence-corrected chi connectivity index (χ0v) is 18.2. The van der Waals surface area contributed by atoms with Crippen molar-refractivity contribution >= 4 is 5.69 Å². The number of ether oxygens (including phenoxy) is 3. The Morgan fingerprint density at radius 2 is 1.44 bits per heavy atom. The number of anilines is 1. The molecule has 0 saturated heterocycles. The fourth-order valence-electron chi connectivity index (χ4n) is 3.55. The molecule has 1 aromatic carbocycles. The van der Waals surface area contributed by atoms with Gasteiger partial charge in [0.2, 0.25) is 0 Å². The average molecular weight is 380 g/mol. The van der Waals surface area contributed by atoms with Gasteiger partial charge in [0.25, 0.3) is 0 Å². The maximum atomic E-state index is 5.73. The first-order chi connectivity index (χ1) is 13.1. The van der Waals surface area contributed by atoms with Crippen molar-refractivity contribution in [1.29, 1.82) is 0 Å². The summed E-state index contributed by atoms with van der Waals surface area (Å²) in [6, 6.07) is 8.08. The highest BCUT2D eigenvalue weighted by Crippen LogP contribution is 2.31. The standard InChI is InChI=1S/C23H41NO3/c1-6-7-8-9-10-11-13-20(23(2,26-4)27-5)14-12-19-24-21-15-17-22(25-3)18-16-21/h15-18,20,24H,6-14,19H2,1-5H3. The quantitative estimate of drug-likeness (QED) is 0.272. The summed E-state index contributed by atoms with van der Waals surface area (Å²) in [6.07, 6.45) is 11.3. The summed E-state index contributed by atoms with van der Waals surface area (Å²) >= 11 is 0. The van der Waals surface area contributed by atoms with Gasteiger partial charge >= 0.3 is 0 Å². The van der Waals surface area contributed by atoms with E-state index in [0.717, 1.165) is 37.2 Å². The Morgan fingerprint density at radius 1 is 0.852 bits per heavy atom. The molecule has 27 heavy (non-hydrogen) atoms. The summed E-state index contributed by atoms with van der Waals surface area (Å²) in [5.74, 6) is 0.802. The van der Waals surface area contributed by atoms with Gasteiger partial charge in [-0.1, -0.05) is 45.4 Å². The molecule has 4 nitrogen and oxygen atoms in total. The number of hydrogen-bond donors (Lipinski definition) is 1. The summed E-state index contributed by atoms with van der Waals surface area (Å²) in [5, 5.41) is 3.49. The molecular weight excluding hydrogens is 338 g/mol. The second-order valence-electron chi connectivity index (χ2n) is 7.48. The molecule has 1 rings (SSSR count). The monoisotopic (exact) mass is 379 g/mol. The Hall–Kier alpha value is -1.26. The van der Waals surface area contributed by atoms with Crippen LogP contribution in [-0.2, 0) is 9.47 Å². The molecule has 0 saturated carbocycles. The van der Waals surface area contributed by atoms with E-state index in [-0.39, 0.29) is 0 Å². The van der Waals surface area contributed by atoms with E-state index in [9.17, 15) is 0 Å². The van der Waals surface area contributed by atoms with E-state index in [2.05, 4.69) is 31.3 Å². The van der Waals surface area contributed by atoms with Gasteiger partial charge in [0.15, 0.2) is 5.79 Å². The molecule has 0 bridgehead atoms. The van der Waals surface area contributed by atoms with E-state index in [4.69, 9.17) is 14.2 Å². The van der Waals surface area contributed by atoms with Crippen LogP contribution in [0.15, 0.2) is 24.3 Å². The minimum atomic E-state index is -0.496. The molecule has 0 aliphatic carbocycles. The highest BCUT2D eigenvalue weighted by molar-refractivity contribution is 5.46. The third kappa shape index (κ3) is 8.98. The molecule has 0 radical (unpaired) electrons. The van der Waals surface area contributed by atoms with Crippen LogP contribution in [-0.4, -0.2) is 33.7 Å². The summed E-state index contributed by atoms with van der Waals surface area (Å²) < 4.78 is 16.7. The first kappa shape index (κ1) is 23.8. The van der Waals surface area contributed by atoms with Crippen molar-refractivity contribution in [2.45, 2.75) is 77.4 Å². The maximum Gasteiger partial charge on any atom is 0.167 e. The fourth-order valence-corrected chi connectivity index (χ4v) is 3.55. The normalized spacial score (nSPS) is 12.8. The molecule has 1 N–H and O–H groups in total. The number of rotatable bonds is 16. The van der Waals surface area contributed by atoms with Crippen LogP contribution in [0.1, 0.15) is 71.6 Å². The Bertz CT molecular complexity index is 471. The first-order valence-electron chi connectivity index (χ1n) is 10.6. The predicted molar refractivity (Wildman–Crippen MR) is 115 cm³/mol. The number of methoxy groups -OCH3 is 3. The minimum absolute atomic E-state index is 0.413. The number of hydrogen-bond acceptors (Lipinski definition) is 4. The largest absolute Gasteiger partial charge is 0.497 e. The van der Waals surface area contributed by atoms with E-state index < -0.39 is 5.79 Å². The first-order valence-corrected chi connectivity index (χ1v) is 10.6. The number of benzene rings is 1. The molecule has 156 valence electrons. The average Bonchev–Trinajstić information content (AvgIpc) is 2.71. The van der Waals surface area contributed by atoms with Gasteiger partial charge in [-0.05, 0) is 50.5 Å². The SMILES string of the molecule is CCCCCCCCC(CCCNc1ccc(OC)cc1)C(C)(OC)OC. The second-order valence-corrected chi connectivity index (χ2v) is 7.48. The molecule has 0 aromatic heterocycles. The van der Waals surface area contributed by atoms with Crippen LogP contribution in [0.2, 0.25) is 0 Å². The van der Waals surface area contributed by atoms with E-state index >= 15 is 0 Å². The van der Waals surface area contributed by atoms with E-state index in [1.807, 2.05) is 12.1 Å². The van der Waals surface area contributed by atoms with Gasteiger partial charge in [-0.3, -0.25) is 0 Å². The summed E-state index contributed by atoms with van der Waals surface area (Å²) in [5.41, 5.74) is 1.13. The summed E-state index contributed by atoms with van der Waals surface area (Å²) in [6.45, 7) is 5.28. The van der Waals surface area contributed by atoms with Gasteiger partial charge < -0.3 is 19.5 Å². The van der Waals surface area contributed by atoms with Crippen molar-refractivity contribution in [3.8, 4) is 5.75 Å². The van der Waals surface area contributed by atoms with Crippen LogP contribution >= 0.6 is 0 Å². The highest BCUT2D eigenvalue weighted by atomic mass is 16.7. The predicted octanol–water partition coefficient (Wildman–Crippen LogP) is 6.26. The van der Waals surface area contributed by atoms with Gasteiger partial charge in [-0.25, -0.2) is 0 Å². The molecule has 0 aliphatic heterocycles. The molecule has 0 heterocycles. The Labute approximate surface area is 167 Å². The molecule has 0 aliphatic rings. The van der Waals surface area contributed by atoms with Crippen LogP contribution in [0.3, 0.4) is 0 Å². The molecular formula is C23H41NO3. The highest BCUT2D eigenvalue weighted by Gasteiger charge is 2.33. The van der Waals surface area contributed by atoms with E-state index in [1.165, 1.54) is 38.5 Å². The van der Waals surface area contributed by atoms with Crippen molar-refractivity contribution in [3.05, 3.63) is 24.3 Å². The number of nitrogens with one attached hydrogen (secondary N) is 1. The molecule has 1 unspecified atom stereocenters. The minimum Gasteiger partial charge on any atom is -0.497 e. The smallest absolute Gasteiger partial charge is 0.167 e. The fraction of sp³-hybridized carbons (Fsp3) is 0.739. The van der Waals surface area contributed by atoms with Crippen molar-refractivity contribution in [3.63, 3.8) is 0 Å².